The van der Waals surface area contributed by atoms with Crippen LogP contribution < -0.4 is 0 Å². The fraction of sp³-hybridized carbons (Fsp3) is 1.00. The SMILES string of the molecule is BCC1CC(C)C1S. The molecule has 1 rings (SSSR count). The van der Waals surface area contributed by atoms with E-state index in [-0.39, 0.29) is 0 Å². The van der Waals surface area contributed by atoms with Crippen molar-refractivity contribution >= 4 is 20.5 Å². The number of hydrogen-bond donors (Lipinski definition) is 1. The fourth-order valence-corrected chi connectivity index (χ4v) is 1.89. The molecular formula is C6H13BS. The summed E-state index contributed by atoms with van der Waals surface area (Å²) in [6.07, 6.45) is 2.73. The van der Waals surface area contributed by atoms with Crippen LogP contribution in [0.1, 0.15) is 13.3 Å². The normalized spacial score (nSPS) is 46.0. The van der Waals surface area contributed by atoms with Gasteiger partial charge in [-0.1, -0.05) is 13.2 Å². The average Bonchev–Trinajstić information content (AvgIpc) is 1.81. The van der Waals surface area contributed by atoms with Gasteiger partial charge in [-0.15, -0.1) is 0 Å². The maximum absolute atomic E-state index is 4.45. The molecule has 0 heterocycles. The third kappa shape index (κ3) is 0.905. The van der Waals surface area contributed by atoms with Crippen molar-refractivity contribution in [3.63, 3.8) is 0 Å². The first-order chi connectivity index (χ1) is 3.75. The van der Waals surface area contributed by atoms with Crippen LogP contribution in [0, 0.1) is 11.8 Å². The molecule has 0 aromatic carbocycles. The highest BCUT2D eigenvalue weighted by Crippen LogP contribution is 2.39. The molecule has 1 saturated carbocycles. The van der Waals surface area contributed by atoms with Gasteiger partial charge in [0.05, 0.1) is 0 Å². The Balaban J connectivity index is 2.25. The van der Waals surface area contributed by atoms with Crippen LogP contribution in [0.3, 0.4) is 0 Å². The summed E-state index contributed by atoms with van der Waals surface area (Å²) in [7, 11) is 2.25. The highest BCUT2D eigenvalue weighted by Gasteiger charge is 2.33. The summed E-state index contributed by atoms with van der Waals surface area (Å²) in [6, 6.07) is 0. The summed E-state index contributed by atoms with van der Waals surface area (Å²) in [6.45, 7) is 2.28. The largest absolute Gasteiger partial charge is 0.175 e. The van der Waals surface area contributed by atoms with Gasteiger partial charge in [0.2, 0.25) is 0 Å². The minimum atomic E-state index is 0.708. The van der Waals surface area contributed by atoms with Gasteiger partial charge in [-0.05, 0) is 18.3 Å². The van der Waals surface area contributed by atoms with Gasteiger partial charge in [0.25, 0.3) is 0 Å². The zero-order chi connectivity index (χ0) is 6.15. The van der Waals surface area contributed by atoms with Crippen molar-refractivity contribution in [2.24, 2.45) is 11.8 Å². The monoisotopic (exact) mass is 128 g/mol. The molecule has 3 atom stereocenters. The molecule has 0 nitrogen and oxygen atoms in total. The van der Waals surface area contributed by atoms with Crippen LogP contribution in [-0.2, 0) is 0 Å². The molecule has 0 saturated heterocycles. The van der Waals surface area contributed by atoms with E-state index in [0.717, 1.165) is 11.8 Å². The maximum Gasteiger partial charge on any atom is 0.101 e. The molecule has 0 aromatic rings. The highest BCUT2D eigenvalue weighted by atomic mass is 32.1. The summed E-state index contributed by atoms with van der Waals surface area (Å²) < 4.78 is 0. The molecular weight excluding hydrogens is 115 g/mol. The van der Waals surface area contributed by atoms with Crippen LogP contribution in [0.5, 0.6) is 0 Å². The minimum Gasteiger partial charge on any atom is -0.175 e. The van der Waals surface area contributed by atoms with E-state index < -0.39 is 0 Å². The molecule has 0 radical (unpaired) electrons. The minimum absolute atomic E-state index is 0.708. The van der Waals surface area contributed by atoms with Gasteiger partial charge in [-0.3, -0.25) is 0 Å². The number of hydrogen-bond acceptors (Lipinski definition) is 1. The van der Waals surface area contributed by atoms with Crippen molar-refractivity contribution in [2.45, 2.75) is 24.9 Å². The van der Waals surface area contributed by atoms with E-state index in [1.807, 2.05) is 0 Å². The molecule has 0 aromatic heterocycles. The second-order valence-corrected chi connectivity index (χ2v) is 3.47. The van der Waals surface area contributed by atoms with Gasteiger partial charge in [-0.25, -0.2) is 0 Å². The zero-order valence-corrected chi connectivity index (χ0v) is 6.49. The lowest BCUT2D eigenvalue weighted by Gasteiger charge is -2.39. The lowest BCUT2D eigenvalue weighted by Crippen LogP contribution is -2.35. The van der Waals surface area contributed by atoms with E-state index >= 15 is 0 Å². The van der Waals surface area contributed by atoms with Crippen molar-refractivity contribution in [3.8, 4) is 0 Å². The number of rotatable bonds is 1. The first-order valence-corrected chi connectivity index (χ1v) is 3.95. The van der Waals surface area contributed by atoms with Crippen LogP contribution in [0.4, 0.5) is 0 Å². The lowest BCUT2D eigenvalue weighted by atomic mass is 9.69. The van der Waals surface area contributed by atoms with E-state index in [0.29, 0.717) is 5.25 Å². The van der Waals surface area contributed by atoms with Gasteiger partial charge >= 0.3 is 0 Å². The maximum atomic E-state index is 4.45. The molecule has 0 spiro atoms. The van der Waals surface area contributed by atoms with Gasteiger partial charge in [0.1, 0.15) is 7.85 Å². The molecule has 1 aliphatic rings. The highest BCUT2D eigenvalue weighted by molar-refractivity contribution is 7.81. The third-order valence-electron chi connectivity index (χ3n) is 2.26. The lowest BCUT2D eigenvalue weighted by molar-refractivity contribution is 0.251. The van der Waals surface area contributed by atoms with Crippen molar-refractivity contribution in [1.82, 2.24) is 0 Å². The summed E-state index contributed by atoms with van der Waals surface area (Å²) in [5, 5.41) is 0.708. The Morgan fingerprint density at radius 3 is 2.50 bits per heavy atom. The Hall–Kier alpha value is 0.415. The van der Waals surface area contributed by atoms with Gasteiger partial charge in [-0.2, -0.15) is 12.6 Å². The second-order valence-electron chi connectivity index (χ2n) is 2.87. The molecule has 8 heavy (non-hydrogen) atoms. The van der Waals surface area contributed by atoms with Gasteiger partial charge < -0.3 is 0 Å². The van der Waals surface area contributed by atoms with E-state index in [1.54, 1.807) is 0 Å². The van der Waals surface area contributed by atoms with E-state index in [9.17, 15) is 0 Å². The molecule has 46 valence electrons. The van der Waals surface area contributed by atoms with Gasteiger partial charge in [0.15, 0.2) is 0 Å². The van der Waals surface area contributed by atoms with Crippen molar-refractivity contribution < 1.29 is 0 Å². The van der Waals surface area contributed by atoms with Crippen LogP contribution in [0.25, 0.3) is 0 Å². The van der Waals surface area contributed by atoms with E-state index in [2.05, 4.69) is 27.4 Å². The summed E-state index contributed by atoms with van der Waals surface area (Å²) >= 11 is 4.45. The van der Waals surface area contributed by atoms with Crippen LogP contribution in [-0.4, -0.2) is 13.1 Å². The molecule has 0 aliphatic heterocycles. The Labute approximate surface area is 57.9 Å². The second kappa shape index (κ2) is 2.34. The first-order valence-electron chi connectivity index (χ1n) is 3.43. The molecule has 0 amide bonds. The summed E-state index contributed by atoms with van der Waals surface area (Å²) in [5.74, 6) is 1.80. The summed E-state index contributed by atoms with van der Waals surface area (Å²) in [5.41, 5.74) is 0. The fourth-order valence-electron chi connectivity index (χ4n) is 1.43. The van der Waals surface area contributed by atoms with Crippen molar-refractivity contribution in [1.29, 1.82) is 0 Å². The third-order valence-corrected chi connectivity index (χ3v) is 3.20. The molecule has 2 heteroatoms. The molecule has 3 unspecified atom stereocenters. The Morgan fingerprint density at radius 1 is 1.75 bits per heavy atom. The first kappa shape index (κ1) is 6.53. The van der Waals surface area contributed by atoms with E-state index in [4.69, 9.17) is 0 Å². The van der Waals surface area contributed by atoms with Crippen molar-refractivity contribution in [3.05, 3.63) is 0 Å². The molecule has 1 fully saturated rings. The topological polar surface area (TPSA) is 0 Å². The average molecular weight is 128 g/mol. The zero-order valence-electron chi connectivity index (χ0n) is 5.59. The van der Waals surface area contributed by atoms with Gasteiger partial charge in [0, 0.05) is 5.25 Å². The molecule has 0 bridgehead atoms. The molecule has 1 aliphatic carbocycles. The molecule has 0 N–H and O–H groups in total. The van der Waals surface area contributed by atoms with Crippen LogP contribution in [0.15, 0.2) is 0 Å². The smallest absolute Gasteiger partial charge is 0.101 e. The van der Waals surface area contributed by atoms with E-state index in [1.165, 1.54) is 12.7 Å². The Kier molecular flexibility index (Phi) is 1.91. The Morgan fingerprint density at radius 2 is 2.38 bits per heavy atom. The standard InChI is InChI=1S/C6H13BS/c1-4-2-5(3-7)6(4)8/h4-6,8H,2-3,7H2,1H3. The van der Waals surface area contributed by atoms with Crippen LogP contribution in [0.2, 0.25) is 6.32 Å². The predicted octanol–water partition coefficient (Wildman–Crippen LogP) is 0.992. The number of thiol groups is 1. The quantitative estimate of drug-likeness (QED) is 0.395. The van der Waals surface area contributed by atoms with Crippen molar-refractivity contribution in [2.75, 3.05) is 0 Å². The van der Waals surface area contributed by atoms with Crippen LogP contribution >= 0.6 is 12.6 Å². The predicted molar refractivity (Wildman–Crippen MR) is 43.4 cm³/mol. The summed E-state index contributed by atoms with van der Waals surface area (Å²) in [4.78, 5) is 0. The Bertz CT molecular complexity index is 84.6.